The number of piperidine rings is 1. The summed E-state index contributed by atoms with van der Waals surface area (Å²) in [6, 6.07) is 0.0936. The third-order valence-electron chi connectivity index (χ3n) is 4.00. The van der Waals surface area contributed by atoms with Gasteiger partial charge in [-0.1, -0.05) is 0 Å². The third-order valence-corrected chi connectivity index (χ3v) is 4.00. The van der Waals surface area contributed by atoms with E-state index < -0.39 is 0 Å². The smallest absolute Gasteiger partial charge is 0.222 e. The number of nitrogens with zero attached hydrogens (tertiary/aromatic N) is 2. The van der Waals surface area contributed by atoms with Crippen molar-refractivity contribution in [3.05, 3.63) is 0 Å². The lowest BCUT2D eigenvalue weighted by Crippen LogP contribution is -2.41. The Bertz CT molecular complexity index is 287. The van der Waals surface area contributed by atoms with Gasteiger partial charge >= 0.3 is 0 Å². The highest BCUT2D eigenvalue weighted by molar-refractivity contribution is 5.75. The van der Waals surface area contributed by atoms with Crippen molar-refractivity contribution in [3.63, 3.8) is 0 Å². The molecular weight excluding hydrogens is 254 g/mol. The van der Waals surface area contributed by atoms with Gasteiger partial charge in [-0.3, -0.25) is 4.79 Å². The SMILES string of the molecule is CC(N)CCC(=O)N(C)CC1CCN(CC(C)O)CC1. The lowest BCUT2D eigenvalue weighted by molar-refractivity contribution is -0.130. The zero-order valence-electron chi connectivity index (χ0n) is 13.2. The number of hydrogen-bond acceptors (Lipinski definition) is 4. The summed E-state index contributed by atoms with van der Waals surface area (Å²) in [4.78, 5) is 16.1. The van der Waals surface area contributed by atoms with E-state index >= 15 is 0 Å². The monoisotopic (exact) mass is 285 g/mol. The molecule has 2 unspecified atom stereocenters. The standard InChI is InChI=1S/C15H31N3O2/c1-12(16)4-5-15(20)17(3)11-14-6-8-18(9-7-14)10-13(2)19/h12-14,19H,4-11,16H2,1-3H3. The Kier molecular flexibility index (Phi) is 7.48. The van der Waals surface area contributed by atoms with Crippen LogP contribution in [0, 0.1) is 5.92 Å². The number of carbonyl (C=O) groups excluding carboxylic acids is 1. The van der Waals surface area contributed by atoms with Gasteiger partial charge in [-0.15, -0.1) is 0 Å². The molecule has 1 heterocycles. The van der Waals surface area contributed by atoms with Crippen LogP contribution in [0.2, 0.25) is 0 Å². The number of hydrogen-bond donors (Lipinski definition) is 2. The second kappa shape index (κ2) is 8.60. The van der Waals surface area contributed by atoms with Crippen LogP contribution in [0.1, 0.15) is 39.5 Å². The largest absolute Gasteiger partial charge is 0.392 e. The maximum absolute atomic E-state index is 12.0. The van der Waals surface area contributed by atoms with Gasteiger partial charge in [0.15, 0.2) is 0 Å². The molecule has 0 spiro atoms. The fourth-order valence-electron chi connectivity index (χ4n) is 2.76. The molecule has 118 valence electrons. The second-order valence-electron chi connectivity index (χ2n) is 6.38. The molecule has 1 aliphatic heterocycles. The van der Waals surface area contributed by atoms with Crippen molar-refractivity contribution in [1.82, 2.24) is 9.80 Å². The van der Waals surface area contributed by atoms with E-state index in [0.29, 0.717) is 12.3 Å². The van der Waals surface area contributed by atoms with E-state index in [0.717, 1.165) is 45.4 Å². The number of carbonyl (C=O) groups is 1. The summed E-state index contributed by atoms with van der Waals surface area (Å²) < 4.78 is 0. The maximum Gasteiger partial charge on any atom is 0.222 e. The Hall–Kier alpha value is -0.650. The third kappa shape index (κ3) is 6.68. The van der Waals surface area contributed by atoms with Crippen LogP contribution in [0.25, 0.3) is 0 Å². The molecule has 3 N–H and O–H groups in total. The summed E-state index contributed by atoms with van der Waals surface area (Å²) in [7, 11) is 1.89. The molecule has 2 atom stereocenters. The van der Waals surface area contributed by atoms with Gasteiger partial charge in [-0.2, -0.15) is 0 Å². The van der Waals surface area contributed by atoms with Crippen LogP contribution in [0.5, 0.6) is 0 Å². The molecule has 0 aliphatic carbocycles. The van der Waals surface area contributed by atoms with Crippen LogP contribution in [0.3, 0.4) is 0 Å². The molecule has 0 bridgehead atoms. The van der Waals surface area contributed by atoms with Crippen molar-refractivity contribution in [2.24, 2.45) is 11.7 Å². The predicted molar refractivity (Wildman–Crippen MR) is 81.4 cm³/mol. The van der Waals surface area contributed by atoms with Gasteiger partial charge in [-0.25, -0.2) is 0 Å². The number of β-amino-alcohol motifs (C(OH)–C–C–N with tert-alkyl or cyclic N) is 1. The van der Waals surface area contributed by atoms with E-state index in [2.05, 4.69) is 4.90 Å². The predicted octanol–water partition coefficient (Wildman–Crippen LogP) is 0.665. The second-order valence-corrected chi connectivity index (χ2v) is 6.38. The number of nitrogens with two attached hydrogens (primary N) is 1. The van der Waals surface area contributed by atoms with Crippen LogP contribution in [-0.2, 0) is 4.79 Å². The van der Waals surface area contributed by atoms with E-state index in [9.17, 15) is 9.90 Å². The van der Waals surface area contributed by atoms with Crippen molar-refractivity contribution in [2.45, 2.75) is 51.7 Å². The zero-order chi connectivity index (χ0) is 15.1. The van der Waals surface area contributed by atoms with E-state index in [1.54, 1.807) is 0 Å². The molecule has 0 aromatic rings. The Morgan fingerprint density at radius 2 is 2.00 bits per heavy atom. The number of aliphatic hydroxyl groups excluding tert-OH is 1. The lowest BCUT2D eigenvalue weighted by Gasteiger charge is -2.34. The highest BCUT2D eigenvalue weighted by Gasteiger charge is 2.22. The lowest BCUT2D eigenvalue weighted by atomic mass is 9.96. The Balaban J connectivity index is 2.23. The van der Waals surface area contributed by atoms with Gasteiger partial charge in [0.2, 0.25) is 5.91 Å². The highest BCUT2D eigenvalue weighted by Crippen LogP contribution is 2.18. The van der Waals surface area contributed by atoms with Crippen molar-refractivity contribution in [1.29, 1.82) is 0 Å². The molecule has 5 heteroatoms. The van der Waals surface area contributed by atoms with E-state index in [1.807, 2.05) is 25.8 Å². The van der Waals surface area contributed by atoms with E-state index in [1.165, 1.54) is 0 Å². The molecule has 1 rings (SSSR count). The van der Waals surface area contributed by atoms with E-state index in [4.69, 9.17) is 5.73 Å². The van der Waals surface area contributed by atoms with Gasteiger partial charge in [0, 0.05) is 32.6 Å². The molecular formula is C15H31N3O2. The molecule has 0 saturated carbocycles. The molecule has 0 aromatic carbocycles. The van der Waals surface area contributed by atoms with Gasteiger partial charge in [0.05, 0.1) is 6.10 Å². The quantitative estimate of drug-likeness (QED) is 0.721. The Morgan fingerprint density at radius 3 is 2.50 bits per heavy atom. The fourth-order valence-corrected chi connectivity index (χ4v) is 2.76. The summed E-state index contributed by atoms with van der Waals surface area (Å²) >= 11 is 0. The van der Waals surface area contributed by atoms with Crippen LogP contribution in [0.15, 0.2) is 0 Å². The summed E-state index contributed by atoms with van der Waals surface area (Å²) in [5.74, 6) is 0.790. The van der Waals surface area contributed by atoms with E-state index in [-0.39, 0.29) is 18.1 Å². The number of aliphatic hydroxyl groups is 1. The molecule has 5 nitrogen and oxygen atoms in total. The molecule has 20 heavy (non-hydrogen) atoms. The first-order chi connectivity index (χ1) is 9.38. The van der Waals surface area contributed by atoms with Gasteiger partial charge in [-0.05, 0) is 52.1 Å². The minimum absolute atomic E-state index is 0.0936. The van der Waals surface area contributed by atoms with Crippen LogP contribution in [-0.4, -0.2) is 66.2 Å². The summed E-state index contributed by atoms with van der Waals surface area (Å²) in [5, 5.41) is 9.39. The van der Waals surface area contributed by atoms with Crippen molar-refractivity contribution in [3.8, 4) is 0 Å². The highest BCUT2D eigenvalue weighted by atomic mass is 16.3. The zero-order valence-corrected chi connectivity index (χ0v) is 13.2. The topological polar surface area (TPSA) is 69.8 Å². The minimum Gasteiger partial charge on any atom is -0.392 e. The Labute approximate surface area is 123 Å². The average Bonchev–Trinajstić information content (AvgIpc) is 2.37. The first-order valence-corrected chi connectivity index (χ1v) is 7.78. The molecule has 0 aromatic heterocycles. The first-order valence-electron chi connectivity index (χ1n) is 7.78. The Morgan fingerprint density at radius 1 is 1.40 bits per heavy atom. The molecule has 1 amide bonds. The molecule has 0 radical (unpaired) electrons. The molecule has 1 fully saturated rings. The van der Waals surface area contributed by atoms with Crippen molar-refractivity contribution in [2.75, 3.05) is 33.2 Å². The summed E-state index contributed by atoms with van der Waals surface area (Å²) in [5.41, 5.74) is 5.68. The fraction of sp³-hybridized carbons (Fsp3) is 0.933. The summed E-state index contributed by atoms with van der Waals surface area (Å²) in [6.07, 6.45) is 3.27. The molecule has 1 aliphatic rings. The molecule has 1 saturated heterocycles. The van der Waals surface area contributed by atoms with Crippen molar-refractivity contribution < 1.29 is 9.90 Å². The van der Waals surface area contributed by atoms with Crippen LogP contribution >= 0.6 is 0 Å². The first kappa shape index (κ1) is 17.4. The number of rotatable bonds is 7. The van der Waals surface area contributed by atoms with Crippen molar-refractivity contribution >= 4 is 5.91 Å². The average molecular weight is 285 g/mol. The van der Waals surface area contributed by atoms with Crippen LogP contribution < -0.4 is 5.73 Å². The van der Waals surface area contributed by atoms with Gasteiger partial charge in [0.1, 0.15) is 0 Å². The number of likely N-dealkylation sites (tertiary alicyclic amines) is 1. The van der Waals surface area contributed by atoms with Crippen LogP contribution in [0.4, 0.5) is 0 Å². The summed E-state index contributed by atoms with van der Waals surface area (Å²) in [6.45, 7) is 7.42. The van der Waals surface area contributed by atoms with Gasteiger partial charge in [0.25, 0.3) is 0 Å². The van der Waals surface area contributed by atoms with Gasteiger partial charge < -0.3 is 20.6 Å². The number of amides is 1. The normalized spacial score (nSPS) is 20.6. The minimum atomic E-state index is -0.256. The maximum atomic E-state index is 12.0.